The van der Waals surface area contributed by atoms with Gasteiger partial charge >= 0.3 is 5.97 Å². The van der Waals surface area contributed by atoms with Crippen molar-refractivity contribution in [2.24, 2.45) is 5.92 Å². The second kappa shape index (κ2) is 8.37. The number of nitrogens with zero attached hydrogens (tertiary/aromatic N) is 1. The van der Waals surface area contributed by atoms with E-state index < -0.39 is 27.4 Å². The summed E-state index contributed by atoms with van der Waals surface area (Å²) in [4.78, 5) is 23.9. The molecule has 0 aliphatic carbocycles. The lowest BCUT2D eigenvalue weighted by Gasteiger charge is -2.33. The number of carbonyl (C=O) groups excluding carboxylic acids is 1. The van der Waals surface area contributed by atoms with E-state index in [1.807, 2.05) is 13.8 Å². The predicted octanol–water partition coefficient (Wildman–Crippen LogP) is 1.33. The van der Waals surface area contributed by atoms with Crippen LogP contribution in [0, 0.1) is 5.92 Å². The Labute approximate surface area is 159 Å². The number of benzene rings is 1. The van der Waals surface area contributed by atoms with Crippen molar-refractivity contribution in [3.8, 4) is 0 Å². The first-order valence-corrected chi connectivity index (χ1v) is 10.2. The Kier molecular flexibility index (Phi) is 6.61. The third-order valence-electron chi connectivity index (χ3n) is 4.90. The quantitative estimate of drug-likeness (QED) is 0.716. The highest BCUT2D eigenvalue weighted by atomic mass is 32.2. The highest BCUT2D eigenvalue weighted by molar-refractivity contribution is 7.89. The number of carbonyl (C=O) groups is 2. The van der Waals surface area contributed by atoms with Crippen LogP contribution in [0.2, 0.25) is 0 Å². The van der Waals surface area contributed by atoms with E-state index in [1.54, 1.807) is 6.92 Å². The molecule has 9 heteroatoms. The van der Waals surface area contributed by atoms with Gasteiger partial charge in [-0.1, -0.05) is 19.9 Å². The monoisotopic (exact) mass is 398 g/mol. The smallest absolute Gasteiger partial charge is 0.305 e. The number of nitrogens with one attached hydrogen (secondary N) is 1. The molecule has 0 saturated carbocycles. The van der Waals surface area contributed by atoms with E-state index in [0.717, 1.165) is 0 Å². The van der Waals surface area contributed by atoms with Crippen LogP contribution >= 0.6 is 0 Å². The number of sulfonamides is 1. The second-order valence-electron chi connectivity index (χ2n) is 7.14. The molecule has 27 heavy (non-hydrogen) atoms. The zero-order valence-electron chi connectivity index (χ0n) is 15.8. The lowest BCUT2D eigenvalue weighted by molar-refractivity contribution is -0.138. The summed E-state index contributed by atoms with van der Waals surface area (Å²) in [5.41, 5.74) is -0.788. The van der Waals surface area contributed by atoms with Gasteiger partial charge in [-0.3, -0.25) is 9.59 Å². The molecule has 2 N–H and O–H groups in total. The number of ether oxygens (including phenoxy) is 1. The third kappa shape index (κ3) is 5.06. The molecular weight excluding hydrogens is 372 g/mol. The molecule has 1 aliphatic heterocycles. The van der Waals surface area contributed by atoms with Gasteiger partial charge in [0.2, 0.25) is 10.0 Å². The van der Waals surface area contributed by atoms with Crippen molar-refractivity contribution >= 4 is 21.9 Å². The SMILES string of the molecule is CC(C)C(C)(CC(=O)O)NC(=O)c1cccc(S(=O)(=O)N2CCOCC2)c1. The molecule has 1 unspecified atom stereocenters. The minimum absolute atomic E-state index is 0.0292. The van der Waals surface area contributed by atoms with Crippen LogP contribution in [0.1, 0.15) is 37.6 Å². The third-order valence-corrected chi connectivity index (χ3v) is 6.79. The summed E-state index contributed by atoms with van der Waals surface area (Å²) in [7, 11) is -3.72. The summed E-state index contributed by atoms with van der Waals surface area (Å²) in [5, 5.41) is 11.9. The summed E-state index contributed by atoms with van der Waals surface area (Å²) in [5.74, 6) is -1.65. The zero-order valence-corrected chi connectivity index (χ0v) is 16.6. The molecule has 2 rings (SSSR count). The number of hydrogen-bond donors (Lipinski definition) is 2. The van der Waals surface area contributed by atoms with Crippen molar-refractivity contribution in [1.29, 1.82) is 0 Å². The van der Waals surface area contributed by atoms with Gasteiger partial charge in [-0.25, -0.2) is 8.42 Å². The maximum atomic E-state index is 12.8. The highest BCUT2D eigenvalue weighted by Gasteiger charge is 2.33. The van der Waals surface area contributed by atoms with Gasteiger partial charge in [0.25, 0.3) is 5.91 Å². The largest absolute Gasteiger partial charge is 0.481 e. The summed E-state index contributed by atoms with van der Waals surface area (Å²) in [6, 6.07) is 5.78. The molecule has 1 fully saturated rings. The van der Waals surface area contributed by atoms with Crippen LogP contribution in [0.15, 0.2) is 29.2 Å². The Morgan fingerprint density at radius 2 is 1.93 bits per heavy atom. The molecule has 1 atom stereocenters. The van der Waals surface area contributed by atoms with Crippen molar-refractivity contribution in [2.45, 2.75) is 37.6 Å². The summed E-state index contributed by atoms with van der Waals surface area (Å²) in [6.45, 7) is 6.51. The Morgan fingerprint density at radius 1 is 1.30 bits per heavy atom. The molecule has 1 aromatic carbocycles. The van der Waals surface area contributed by atoms with E-state index in [-0.39, 0.29) is 35.9 Å². The van der Waals surface area contributed by atoms with E-state index in [0.29, 0.717) is 13.2 Å². The van der Waals surface area contributed by atoms with Gasteiger partial charge < -0.3 is 15.2 Å². The van der Waals surface area contributed by atoms with Gasteiger partial charge in [-0.05, 0) is 31.0 Å². The predicted molar refractivity (Wildman–Crippen MR) is 99.0 cm³/mol. The van der Waals surface area contributed by atoms with Crippen molar-refractivity contribution < 1.29 is 27.9 Å². The van der Waals surface area contributed by atoms with Crippen molar-refractivity contribution in [1.82, 2.24) is 9.62 Å². The minimum atomic E-state index is -3.72. The van der Waals surface area contributed by atoms with Crippen LogP contribution in [0.25, 0.3) is 0 Å². The van der Waals surface area contributed by atoms with Crippen LogP contribution < -0.4 is 5.32 Å². The molecule has 1 aliphatic rings. The molecule has 0 bridgehead atoms. The van der Waals surface area contributed by atoms with Gasteiger partial charge in [0.15, 0.2) is 0 Å². The maximum absolute atomic E-state index is 12.8. The first-order valence-electron chi connectivity index (χ1n) is 8.78. The zero-order chi connectivity index (χ0) is 20.2. The fourth-order valence-electron chi connectivity index (χ4n) is 2.77. The number of hydrogen-bond acceptors (Lipinski definition) is 5. The molecule has 1 amide bonds. The van der Waals surface area contributed by atoms with Gasteiger partial charge in [-0.2, -0.15) is 4.31 Å². The molecule has 1 saturated heterocycles. The molecule has 8 nitrogen and oxygen atoms in total. The maximum Gasteiger partial charge on any atom is 0.305 e. The molecular formula is C18H26N2O6S. The summed E-state index contributed by atoms with van der Waals surface area (Å²) in [6.07, 6.45) is -0.234. The van der Waals surface area contributed by atoms with Crippen LogP contribution in [0.3, 0.4) is 0 Å². The Bertz CT molecular complexity index is 802. The number of rotatable bonds is 7. The lowest BCUT2D eigenvalue weighted by Crippen LogP contribution is -2.51. The number of carboxylic acid groups (broad SMARTS) is 1. The Morgan fingerprint density at radius 3 is 2.48 bits per heavy atom. The second-order valence-corrected chi connectivity index (χ2v) is 9.08. The molecule has 0 spiro atoms. The fourth-order valence-corrected chi connectivity index (χ4v) is 4.23. The van der Waals surface area contributed by atoms with Crippen LogP contribution in [-0.4, -0.2) is 61.5 Å². The minimum Gasteiger partial charge on any atom is -0.481 e. The molecule has 0 aromatic heterocycles. The van der Waals surface area contributed by atoms with E-state index in [1.165, 1.54) is 28.6 Å². The van der Waals surface area contributed by atoms with Gasteiger partial charge in [0, 0.05) is 18.7 Å². The van der Waals surface area contributed by atoms with Gasteiger partial charge in [0.05, 0.1) is 30.1 Å². The lowest BCUT2D eigenvalue weighted by atomic mass is 9.85. The van der Waals surface area contributed by atoms with Gasteiger partial charge in [-0.15, -0.1) is 0 Å². The van der Waals surface area contributed by atoms with Crippen molar-refractivity contribution in [2.75, 3.05) is 26.3 Å². The Hall–Kier alpha value is -1.97. The number of aliphatic carboxylic acids is 1. The fraction of sp³-hybridized carbons (Fsp3) is 0.556. The number of amides is 1. The molecule has 1 heterocycles. The van der Waals surface area contributed by atoms with E-state index in [4.69, 9.17) is 9.84 Å². The Balaban J connectivity index is 2.25. The van der Waals surface area contributed by atoms with Crippen LogP contribution in [0.4, 0.5) is 0 Å². The molecule has 150 valence electrons. The summed E-state index contributed by atoms with van der Waals surface area (Å²) < 4.78 is 32.0. The first kappa shape index (κ1) is 21.3. The number of carboxylic acids is 1. The van der Waals surface area contributed by atoms with Crippen molar-refractivity contribution in [3.05, 3.63) is 29.8 Å². The van der Waals surface area contributed by atoms with E-state index in [9.17, 15) is 18.0 Å². The average Bonchev–Trinajstić information content (AvgIpc) is 2.61. The van der Waals surface area contributed by atoms with Gasteiger partial charge in [0.1, 0.15) is 0 Å². The van der Waals surface area contributed by atoms with Crippen LogP contribution in [0.5, 0.6) is 0 Å². The number of morpholine rings is 1. The molecule has 1 aromatic rings. The first-order chi connectivity index (χ1) is 12.6. The normalized spacial score (nSPS) is 18.1. The highest BCUT2D eigenvalue weighted by Crippen LogP contribution is 2.23. The standard InChI is InChI=1S/C18H26N2O6S/c1-13(2)18(3,12-16(21)22)19-17(23)14-5-4-6-15(11-14)27(24,25)20-7-9-26-10-8-20/h4-6,11,13H,7-10,12H2,1-3H3,(H,19,23)(H,21,22). The van der Waals surface area contributed by atoms with E-state index >= 15 is 0 Å². The average molecular weight is 398 g/mol. The van der Waals surface area contributed by atoms with Crippen molar-refractivity contribution in [3.63, 3.8) is 0 Å². The summed E-state index contributed by atoms with van der Waals surface area (Å²) >= 11 is 0. The topological polar surface area (TPSA) is 113 Å². The van der Waals surface area contributed by atoms with Crippen LogP contribution in [-0.2, 0) is 19.6 Å². The van der Waals surface area contributed by atoms with E-state index in [2.05, 4.69) is 5.32 Å². The molecule has 0 radical (unpaired) electrons.